The van der Waals surface area contributed by atoms with Crippen molar-refractivity contribution in [1.29, 1.82) is 0 Å². The van der Waals surface area contributed by atoms with Gasteiger partial charge in [-0.1, -0.05) is 136 Å². The summed E-state index contributed by atoms with van der Waals surface area (Å²) in [6, 6.07) is 0. The van der Waals surface area contributed by atoms with E-state index in [0.717, 1.165) is 42.4 Å². The first-order valence-corrected chi connectivity index (χ1v) is 15.2. The largest absolute Gasteiger partial charge is 0.481 e. The summed E-state index contributed by atoms with van der Waals surface area (Å²) in [4.78, 5) is 11.9. The van der Waals surface area contributed by atoms with E-state index < -0.39 is 11.4 Å². The first-order chi connectivity index (χ1) is 19.8. The Kier molecular flexibility index (Phi) is 16.9. The highest BCUT2D eigenvalue weighted by atomic mass is 16.4. The second kappa shape index (κ2) is 19.5. The van der Waals surface area contributed by atoms with E-state index in [1.165, 1.54) is 27.9 Å². The molecule has 0 bridgehead atoms. The van der Waals surface area contributed by atoms with E-state index in [9.17, 15) is 9.90 Å². The van der Waals surface area contributed by atoms with E-state index in [-0.39, 0.29) is 0 Å². The summed E-state index contributed by atoms with van der Waals surface area (Å²) in [5.74, 6) is -0.738. The van der Waals surface area contributed by atoms with Crippen LogP contribution in [0.2, 0.25) is 0 Å². The van der Waals surface area contributed by atoms with Crippen LogP contribution in [0.25, 0.3) is 0 Å². The van der Waals surface area contributed by atoms with Gasteiger partial charge in [-0.3, -0.25) is 4.79 Å². The molecule has 0 fully saturated rings. The molecule has 0 aromatic rings. The van der Waals surface area contributed by atoms with Crippen LogP contribution in [0, 0.1) is 5.41 Å². The van der Waals surface area contributed by atoms with Gasteiger partial charge in [0.25, 0.3) is 0 Å². The summed E-state index contributed by atoms with van der Waals surface area (Å²) in [6.07, 6.45) is 38.4. The van der Waals surface area contributed by atoms with Crippen molar-refractivity contribution in [3.63, 3.8) is 0 Å². The Morgan fingerprint density at radius 3 is 1.71 bits per heavy atom. The molecule has 0 spiro atoms. The molecule has 0 aliphatic heterocycles. The average Bonchev–Trinajstić information content (AvgIpc) is 2.90. The van der Waals surface area contributed by atoms with Crippen LogP contribution in [0.1, 0.15) is 94.4 Å². The molecule has 1 aliphatic carbocycles. The monoisotopic (exact) mass is 566 g/mol. The molecule has 1 N–H and O–H groups in total. The summed E-state index contributed by atoms with van der Waals surface area (Å²) >= 11 is 0. The van der Waals surface area contributed by atoms with Crippen molar-refractivity contribution >= 4 is 5.97 Å². The molecule has 42 heavy (non-hydrogen) atoms. The Morgan fingerprint density at radius 2 is 1.21 bits per heavy atom. The summed E-state index contributed by atoms with van der Waals surface area (Å²) in [7, 11) is 0. The molecule has 1 aliphatic rings. The van der Waals surface area contributed by atoms with Gasteiger partial charge in [0.05, 0.1) is 5.41 Å². The van der Waals surface area contributed by atoms with Gasteiger partial charge >= 0.3 is 5.97 Å². The summed E-state index contributed by atoms with van der Waals surface area (Å²) in [5, 5.41) is 9.78. The Hall–Kier alpha value is -3.65. The van der Waals surface area contributed by atoms with Crippen molar-refractivity contribution in [2.45, 2.75) is 94.4 Å². The second-order valence-corrected chi connectivity index (χ2v) is 12.0. The third kappa shape index (κ3) is 14.8. The minimum Gasteiger partial charge on any atom is -0.481 e. The van der Waals surface area contributed by atoms with Crippen LogP contribution in [0.4, 0.5) is 0 Å². The highest BCUT2D eigenvalue weighted by molar-refractivity contribution is 5.80. The van der Waals surface area contributed by atoms with Gasteiger partial charge in [-0.2, -0.15) is 0 Å². The molecule has 2 heteroatoms. The molecule has 0 aromatic heterocycles. The van der Waals surface area contributed by atoms with E-state index in [1.54, 1.807) is 0 Å². The molecule has 0 unspecified atom stereocenters. The lowest BCUT2D eigenvalue weighted by Crippen LogP contribution is -2.32. The number of aliphatic carboxylic acids is 1. The molecular formula is C40H54O2. The number of carbonyl (C=O) groups is 1. The van der Waals surface area contributed by atoms with Crippen molar-refractivity contribution < 1.29 is 9.90 Å². The zero-order valence-corrected chi connectivity index (χ0v) is 27.6. The standard InChI is InChI=1S/C40H54O2/c1-31(2)17-12-20-34(5)23-14-25-35(6)24-13-21-32(3)18-10-11-19-33(4)22-15-26-36(7)28-29-38-37(8)27-16-30-40(38,9)39(41)42/h10-11,13-15,17-19,21-26,28-29H,12,16,20,27,30H2,1-9H3,(H,41,42)/b11-10+,21-13+,22-15+,25-14+,29-28+,32-18+,33-19+,34-23+,35-24+,36-26+/t40-/m0/s1. The predicted molar refractivity (Wildman–Crippen MR) is 185 cm³/mol. The summed E-state index contributed by atoms with van der Waals surface area (Å²) in [6.45, 7) is 18.7. The fourth-order valence-corrected chi connectivity index (χ4v) is 4.59. The number of carboxylic acids is 1. The minimum atomic E-state index is -0.794. The summed E-state index contributed by atoms with van der Waals surface area (Å²) < 4.78 is 0. The smallest absolute Gasteiger partial charge is 0.313 e. The van der Waals surface area contributed by atoms with Crippen molar-refractivity contribution in [3.8, 4) is 0 Å². The van der Waals surface area contributed by atoms with Gasteiger partial charge < -0.3 is 5.11 Å². The lowest BCUT2D eigenvalue weighted by atomic mass is 9.71. The maximum Gasteiger partial charge on any atom is 0.313 e. The molecule has 0 heterocycles. The first-order valence-electron chi connectivity index (χ1n) is 15.2. The van der Waals surface area contributed by atoms with E-state index in [1.807, 2.05) is 32.1 Å². The van der Waals surface area contributed by atoms with E-state index in [4.69, 9.17) is 0 Å². The fraction of sp³-hybridized carbons (Fsp3) is 0.375. The van der Waals surface area contributed by atoms with Crippen LogP contribution < -0.4 is 0 Å². The molecule has 226 valence electrons. The van der Waals surface area contributed by atoms with Gasteiger partial charge in [-0.15, -0.1) is 0 Å². The van der Waals surface area contributed by atoms with Gasteiger partial charge in [0.1, 0.15) is 0 Å². The van der Waals surface area contributed by atoms with Gasteiger partial charge in [-0.05, 0) is 100.0 Å². The zero-order valence-electron chi connectivity index (χ0n) is 27.6. The molecule has 1 rings (SSSR count). The number of hydrogen-bond donors (Lipinski definition) is 1. The topological polar surface area (TPSA) is 37.3 Å². The minimum absolute atomic E-state index is 0.689. The van der Waals surface area contributed by atoms with Crippen LogP contribution in [-0.4, -0.2) is 11.1 Å². The molecule has 0 saturated heterocycles. The third-order valence-electron chi connectivity index (χ3n) is 7.36. The van der Waals surface area contributed by atoms with Crippen LogP contribution in [0.15, 0.2) is 142 Å². The lowest BCUT2D eigenvalue weighted by Gasteiger charge is -2.32. The number of hydrogen-bond acceptors (Lipinski definition) is 1. The third-order valence-corrected chi connectivity index (χ3v) is 7.36. The normalized spacial score (nSPS) is 20.4. The Bertz CT molecular complexity index is 1280. The zero-order chi connectivity index (χ0) is 31.5. The lowest BCUT2D eigenvalue weighted by molar-refractivity contribution is -0.146. The second-order valence-electron chi connectivity index (χ2n) is 12.0. The van der Waals surface area contributed by atoms with Crippen molar-refractivity contribution in [2.75, 3.05) is 0 Å². The summed E-state index contributed by atoms with van der Waals surface area (Å²) in [5.41, 5.74) is 8.74. The first kappa shape index (κ1) is 36.4. The fourth-order valence-electron chi connectivity index (χ4n) is 4.59. The number of rotatable bonds is 14. The highest BCUT2D eigenvalue weighted by Gasteiger charge is 2.38. The SMILES string of the molecule is CC(C)=CCC/C(C)=C/C=C/C(C)=C/C=C/C(C)=C/C=C/C=C(C)/C=C/C=C(C)/C=C/C1=C(C)CCC[C@]1(C)C(=O)O. The van der Waals surface area contributed by atoms with Crippen LogP contribution in [0.5, 0.6) is 0 Å². The number of carboxylic acid groups (broad SMARTS) is 1. The Labute approximate surface area is 257 Å². The van der Waals surface area contributed by atoms with Crippen molar-refractivity contribution in [3.05, 3.63) is 142 Å². The molecule has 0 aromatic carbocycles. The van der Waals surface area contributed by atoms with Gasteiger partial charge in [0, 0.05) is 0 Å². The molecule has 0 saturated carbocycles. The van der Waals surface area contributed by atoms with Gasteiger partial charge in [0.2, 0.25) is 0 Å². The number of allylic oxidation sites excluding steroid dienone is 23. The molecule has 2 nitrogen and oxygen atoms in total. The van der Waals surface area contributed by atoms with Crippen LogP contribution in [-0.2, 0) is 4.79 Å². The van der Waals surface area contributed by atoms with E-state index in [0.29, 0.717) is 6.42 Å². The maximum absolute atomic E-state index is 11.9. The highest BCUT2D eigenvalue weighted by Crippen LogP contribution is 2.41. The van der Waals surface area contributed by atoms with Crippen LogP contribution >= 0.6 is 0 Å². The van der Waals surface area contributed by atoms with Gasteiger partial charge in [-0.25, -0.2) is 0 Å². The van der Waals surface area contributed by atoms with E-state index in [2.05, 4.69) is 127 Å². The van der Waals surface area contributed by atoms with Gasteiger partial charge in [0.15, 0.2) is 0 Å². The Balaban J connectivity index is 2.64. The quantitative estimate of drug-likeness (QED) is 0.168. The molecular weight excluding hydrogens is 512 g/mol. The van der Waals surface area contributed by atoms with Crippen molar-refractivity contribution in [1.82, 2.24) is 0 Å². The Morgan fingerprint density at radius 1 is 0.738 bits per heavy atom. The maximum atomic E-state index is 11.9. The molecule has 0 amide bonds. The van der Waals surface area contributed by atoms with Crippen molar-refractivity contribution in [2.24, 2.45) is 5.41 Å². The molecule has 0 radical (unpaired) electrons. The van der Waals surface area contributed by atoms with Crippen LogP contribution in [0.3, 0.4) is 0 Å². The average molecular weight is 567 g/mol. The molecule has 1 atom stereocenters. The van der Waals surface area contributed by atoms with E-state index >= 15 is 0 Å². The predicted octanol–water partition coefficient (Wildman–Crippen LogP) is 11.8.